The zero-order valence-corrected chi connectivity index (χ0v) is 9.13. The summed E-state index contributed by atoms with van der Waals surface area (Å²) in [7, 11) is 1.68. The van der Waals surface area contributed by atoms with Crippen LogP contribution in [0, 0.1) is 6.92 Å². The van der Waals surface area contributed by atoms with Gasteiger partial charge >= 0.3 is 0 Å². The lowest BCUT2D eigenvalue weighted by Crippen LogP contribution is -2.16. The minimum atomic E-state index is 0.893. The first kappa shape index (κ1) is 11.0. The molecule has 0 aromatic carbocycles. The van der Waals surface area contributed by atoms with E-state index in [0.717, 1.165) is 36.6 Å². The highest BCUT2D eigenvalue weighted by Crippen LogP contribution is 2.13. The number of hydrogen-bond donors (Lipinski definition) is 1. The summed E-state index contributed by atoms with van der Waals surface area (Å²) in [5.41, 5.74) is 2.10. The van der Waals surface area contributed by atoms with Gasteiger partial charge in [-0.2, -0.15) is 0 Å². The number of aryl methyl sites for hydroxylation is 1. The van der Waals surface area contributed by atoms with Gasteiger partial charge in [-0.05, 0) is 13.5 Å². The third kappa shape index (κ3) is 3.34. The first-order valence-corrected chi connectivity index (χ1v) is 4.98. The second kappa shape index (κ2) is 5.60. The minimum absolute atomic E-state index is 0.893. The highest BCUT2D eigenvalue weighted by molar-refractivity contribution is 5.26. The molecule has 0 amide bonds. The minimum Gasteiger partial charge on any atom is -0.497 e. The van der Waals surface area contributed by atoms with Crippen LogP contribution in [-0.4, -0.2) is 25.2 Å². The number of pyridine rings is 1. The van der Waals surface area contributed by atoms with Crippen molar-refractivity contribution in [2.45, 2.75) is 20.3 Å². The molecule has 1 aromatic rings. The topological polar surface area (TPSA) is 34.1 Å². The lowest BCUT2D eigenvalue weighted by atomic mass is 10.2. The van der Waals surface area contributed by atoms with Gasteiger partial charge < -0.3 is 10.1 Å². The van der Waals surface area contributed by atoms with Crippen molar-refractivity contribution in [1.82, 2.24) is 10.3 Å². The monoisotopic (exact) mass is 194 g/mol. The maximum absolute atomic E-state index is 5.18. The van der Waals surface area contributed by atoms with Crippen LogP contribution in [0.1, 0.15) is 18.3 Å². The molecular formula is C11H18N2O. The van der Waals surface area contributed by atoms with Crippen LogP contribution >= 0.6 is 0 Å². The molecule has 1 N–H and O–H groups in total. The van der Waals surface area contributed by atoms with Gasteiger partial charge in [0.25, 0.3) is 0 Å². The van der Waals surface area contributed by atoms with Gasteiger partial charge in [0.1, 0.15) is 5.75 Å². The van der Waals surface area contributed by atoms with Crippen LogP contribution in [0.4, 0.5) is 0 Å². The van der Waals surface area contributed by atoms with Crippen molar-refractivity contribution in [3.8, 4) is 5.75 Å². The molecular weight excluding hydrogens is 176 g/mol. The fourth-order valence-corrected chi connectivity index (χ4v) is 1.34. The molecule has 0 aliphatic carbocycles. The lowest BCUT2D eigenvalue weighted by molar-refractivity contribution is 0.413. The van der Waals surface area contributed by atoms with E-state index in [-0.39, 0.29) is 0 Å². The molecule has 3 heteroatoms. The molecule has 1 heterocycles. The highest BCUT2D eigenvalue weighted by atomic mass is 16.5. The first-order chi connectivity index (χ1) is 6.76. The van der Waals surface area contributed by atoms with Gasteiger partial charge in [0, 0.05) is 36.5 Å². The van der Waals surface area contributed by atoms with Gasteiger partial charge in [0.15, 0.2) is 0 Å². The Bertz CT molecular complexity index is 287. The van der Waals surface area contributed by atoms with E-state index in [9.17, 15) is 0 Å². The zero-order chi connectivity index (χ0) is 10.4. The summed E-state index contributed by atoms with van der Waals surface area (Å²) in [6, 6.07) is 3.93. The molecule has 14 heavy (non-hydrogen) atoms. The van der Waals surface area contributed by atoms with Gasteiger partial charge in [-0.15, -0.1) is 0 Å². The molecule has 3 nitrogen and oxygen atoms in total. The van der Waals surface area contributed by atoms with Crippen LogP contribution in [0.3, 0.4) is 0 Å². The maximum Gasteiger partial charge on any atom is 0.122 e. The normalized spacial score (nSPS) is 10.2. The molecule has 0 unspecified atom stereocenters. The molecule has 1 rings (SSSR count). The Labute approximate surface area is 85.5 Å². The number of methoxy groups -OCH3 is 1. The van der Waals surface area contributed by atoms with Crippen molar-refractivity contribution >= 4 is 0 Å². The standard InChI is InChI=1S/C11H18N2O/c1-4-12-6-5-10-8-11(14-3)7-9(2)13-10/h7-8,12H,4-6H2,1-3H3. The second-order valence-corrected chi connectivity index (χ2v) is 3.24. The molecule has 0 atom stereocenters. The van der Waals surface area contributed by atoms with Gasteiger partial charge in [-0.3, -0.25) is 4.98 Å². The van der Waals surface area contributed by atoms with Gasteiger partial charge in [0.2, 0.25) is 0 Å². The van der Waals surface area contributed by atoms with Crippen LogP contribution in [-0.2, 0) is 6.42 Å². The number of ether oxygens (including phenoxy) is 1. The predicted molar refractivity (Wildman–Crippen MR) is 57.8 cm³/mol. The predicted octanol–water partition coefficient (Wildman–Crippen LogP) is 1.55. The van der Waals surface area contributed by atoms with Crippen LogP contribution in [0.25, 0.3) is 0 Å². The van der Waals surface area contributed by atoms with Gasteiger partial charge in [-0.1, -0.05) is 6.92 Å². The second-order valence-electron chi connectivity index (χ2n) is 3.24. The third-order valence-electron chi connectivity index (χ3n) is 2.02. The number of likely N-dealkylation sites (N-methyl/N-ethyl adjacent to an activating group) is 1. The molecule has 0 aliphatic heterocycles. The van der Waals surface area contributed by atoms with Crippen molar-refractivity contribution in [1.29, 1.82) is 0 Å². The number of hydrogen-bond acceptors (Lipinski definition) is 3. The summed E-state index contributed by atoms with van der Waals surface area (Å²) in [6.07, 6.45) is 0.950. The molecule has 0 spiro atoms. The number of nitrogens with zero attached hydrogens (tertiary/aromatic N) is 1. The number of nitrogens with one attached hydrogen (secondary N) is 1. The Hall–Kier alpha value is -1.09. The quantitative estimate of drug-likeness (QED) is 0.722. The summed E-state index contributed by atoms with van der Waals surface area (Å²) in [5.74, 6) is 0.893. The van der Waals surface area contributed by atoms with Crippen molar-refractivity contribution in [2.24, 2.45) is 0 Å². The molecule has 78 valence electrons. The van der Waals surface area contributed by atoms with Gasteiger partial charge in [0.05, 0.1) is 7.11 Å². The largest absolute Gasteiger partial charge is 0.497 e. The maximum atomic E-state index is 5.18. The molecule has 0 saturated carbocycles. The molecule has 0 aliphatic rings. The van der Waals surface area contributed by atoms with Crippen molar-refractivity contribution in [3.05, 3.63) is 23.5 Å². The first-order valence-electron chi connectivity index (χ1n) is 4.98. The van der Waals surface area contributed by atoms with Crippen LogP contribution < -0.4 is 10.1 Å². The summed E-state index contributed by atoms with van der Waals surface area (Å²) in [6.45, 7) is 6.06. The van der Waals surface area contributed by atoms with Crippen LogP contribution in [0.5, 0.6) is 5.75 Å². The van der Waals surface area contributed by atoms with Crippen molar-refractivity contribution in [2.75, 3.05) is 20.2 Å². The number of aromatic nitrogens is 1. The summed E-state index contributed by atoms with van der Waals surface area (Å²) in [4.78, 5) is 4.43. The van der Waals surface area contributed by atoms with E-state index < -0.39 is 0 Å². The SMILES string of the molecule is CCNCCc1cc(OC)cc(C)n1. The van der Waals surface area contributed by atoms with E-state index in [0.29, 0.717) is 0 Å². The van der Waals surface area contributed by atoms with Crippen molar-refractivity contribution < 1.29 is 4.74 Å². The van der Waals surface area contributed by atoms with E-state index in [1.807, 2.05) is 19.1 Å². The van der Waals surface area contributed by atoms with E-state index in [2.05, 4.69) is 17.2 Å². The lowest BCUT2D eigenvalue weighted by Gasteiger charge is -2.06. The Morgan fingerprint density at radius 2 is 2.21 bits per heavy atom. The fraction of sp³-hybridized carbons (Fsp3) is 0.545. The van der Waals surface area contributed by atoms with Gasteiger partial charge in [-0.25, -0.2) is 0 Å². The highest BCUT2D eigenvalue weighted by Gasteiger charge is 1.99. The summed E-state index contributed by atoms with van der Waals surface area (Å²) in [5, 5.41) is 3.27. The third-order valence-corrected chi connectivity index (χ3v) is 2.02. The van der Waals surface area contributed by atoms with Crippen LogP contribution in [0.2, 0.25) is 0 Å². The molecule has 0 radical (unpaired) electrons. The van der Waals surface area contributed by atoms with E-state index in [4.69, 9.17) is 4.74 Å². The van der Waals surface area contributed by atoms with Crippen LogP contribution in [0.15, 0.2) is 12.1 Å². The Kier molecular flexibility index (Phi) is 4.40. The fourth-order valence-electron chi connectivity index (χ4n) is 1.34. The van der Waals surface area contributed by atoms with E-state index in [1.165, 1.54) is 0 Å². The average molecular weight is 194 g/mol. The Balaban J connectivity index is 2.62. The van der Waals surface area contributed by atoms with Crippen molar-refractivity contribution in [3.63, 3.8) is 0 Å². The zero-order valence-electron chi connectivity index (χ0n) is 9.13. The average Bonchev–Trinajstić information content (AvgIpc) is 2.17. The molecule has 0 bridgehead atoms. The smallest absolute Gasteiger partial charge is 0.122 e. The Morgan fingerprint density at radius 3 is 2.86 bits per heavy atom. The Morgan fingerprint density at radius 1 is 1.43 bits per heavy atom. The molecule has 0 fully saturated rings. The van der Waals surface area contributed by atoms with E-state index in [1.54, 1.807) is 7.11 Å². The summed E-state index contributed by atoms with van der Waals surface area (Å²) < 4.78 is 5.18. The van der Waals surface area contributed by atoms with E-state index >= 15 is 0 Å². The molecule has 1 aromatic heterocycles. The number of rotatable bonds is 5. The summed E-state index contributed by atoms with van der Waals surface area (Å²) >= 11 is 0. The molecule has 0 saturated heterocycles.